The number of hydrogen-bond acceptors (Lipinski definition) is 4. The minimum Gasteiger partial charge on any atom is -0.208 e. The van der Waals surface area contributed by atoms with Crippen molar-refractivity contribution in [2.24, 2.45) is 5.10 Å². The van der Waals surface area contributed by atoms with E-state index in [0.717, 1.165) is 5.56 Å². The summed E-state index contributed by atoms with van der Waals surface area (Å²) in [6, 6.07) is 8.19. The van der Waals surface area contributed by atoms with Crippen LogP contribution in [0.3, 0.4) is 0 Å². The molecule has 0 saturated carbocycles. The Balaban J connectivity index is 2.11. The first-order chi connectivity index (χ1) is 7.38. The largest absolute Gasteiger partial charge is 0.208 e. The Kier molecular flexibility index (Phi) is 3.14. The van der Waals surface area contributed by atoms with Gasteiger partial charge in [-0.3, -0.25) is 0 Å². The van der Waals surface area contributed by atoms with E-state index in [9.17, 15) is 0 Å². The van der Waals surface area contributed by atoms with E-state index in [4.69, 9.17) is 0 Å². The maximum absolute atomic E-state index is 4.15. The van der Waals surface area contributed by atoms with Gasteiger partial charge in [-0.25, -0.2) is 4.68 Å². The Bertz CT molecular complexity index is 433. The van der Waals surface area contributed by atoms with Gasteiger partial charge < -0.3 is 0 Å². The standard InChI is InChI=1S/C10H10N4S/c1-15-10-4-2-9(3-5-10)6-13-14-7-11-12-8-14/h2-8H,1H3/b13-6+. The van der Waals surface area contributed by atoms with Crippen LogP contribution in [-0.2, 0) is 0 Å². The maximum atomic E-state index is 4.15. The van der Waals surface area contributed by atoms with Crippen molar-refractivity contribution in [2.45, 2.75) is 4.90 Å². The number of benzene rings is 1. The van der Waals surface area contributed by atoms with E-state index >= 15 is 0 Å². The first-order valence-corrected chi connectivity index (χ1v) is 5.64. The van der Waals surface area contributed by atoms with Gasteiger partial charge in [-0.1, -0.05) is 12.1 Å². The Morgan fingerprint density at radius 2 is 1.87 bits per heavy atom. The molecule has 15 heavy (non-hydrogen) atoms. The minimum atomic E-state index is 1.06. The molecule has 0 amide bonds. The average molecular weight is 218 g/mol. The smallest absolute Gasteiger partial charge is 0.141 e. The number of nitrogens with zero attached hydrogens (tertiary/aromatic N) is 4. The summed E-state index contributed by atoms with van der Waals surface area (Å²) in [6.45, 7) is 0. The molecule has 0 fully saturated rings. The fourth-order valence-corrected chi connectivity index (χ4v) is 1.49. The first kappa shape index (κ1) is 9.92. The topological polar surface area (TPSA) is 43.1 Å². The van der Waals surface area contributed by atoms with Gasteiger partial charge in [0.2, 0.25) is 0 Å². The fourth-order valence-electron chi connectivity index (χ4n) is 1.08. The van der Waals surface area contributed by atoms with E-state index in [2.05, 4.69) is 33.7 Å². The molecule has 0 atom stereocenters. The molecule has 0 saturated heterocycles. The molecule has 5 heteroatoms. The van der Waals surface area contributed by atoms with Gasteiger partial charge in [0.1, 0.15) is 12.7 Å². The van der Waals surface area contributed by atoms with Crippen LogP contribution in [0.2, 0.25) is 0 Å². The highest BCUT2D eigenvalue weighted by atomic mass is 32.2. The van der Waals surface area contributed by atoms with Crippen molar-refractivity contribution in [1.29, 1.82) is 0 Å². The molecule has 1 aromatic carbocycles. The van der Waals surface area contributed by atoms with Gasteiger partial charge in [0.25, 0.3) is 0 Å². The van der Waals surface area contributed by atoms with Crippen molar-refractivity contribution in [1.82, 2.24) is 14.9 Å². The lowest BCUT2D eigenvalue weighted by Gasteiger charge is -1.96. The highest BCUT2D eigenvalue weighted by Gasteiger charge is 1.90. The Labute approximate surface area is 92.0 Å². The Morgan fingerprint density at radius 3 is 2.47 bits per heavy atom. The zero-order chi connectivity index (χ0) is 10.5. The third-order valence-electron chi connectivity index (χ3n) is 1.86. The van der Waals surface area contributed by atoms with E-state index in [1.165, 1.54) is 4.90 Å². The third kappa shape index (κ3) is 2.66. The molecule has 0 aliphatic heterocycles. The molecule has 0 bridgehead atoms. The van der Waals surface area contributed by atoms with E-state index in [1.807, 2.05) is 12.1 Å². The summed E-state index contributed by atoms with van der Waals surface area (Å²) in [4.78, 5) is 1.25. The predicted octanol–water partition coefficient (Wildman–Crippen LogP) is 1.88. The normalized spacial score (nSPS) is 11.0. The number of hydrogen-bond donors (Lipinski definition) is 0. The zero-order valence-electron chi connectivity index (χ0n) is 8.24. The summed E-state index contributed by atoms with van der Waals surface area (Å²) >= 11 is 1.72. The summed E-state index contributed by atoms with van der Waals surface area (Å²) in [5.74, 6) is 0. The first-order valence-electron chi connectivity index (χ1n) is 4.41. The van der Waals surface area contributed by atoms with Crippen molar-refractivity contribution in [3.63, 3.8) is 0 Å². The van der Waals surface area contributed by atoms with Crippen LogP contribution in [0, 0.1) is 0 Å². The highest BCUT2D eigenvalue weighted by molar-refractivity contribution is 7.98. The minimum absolute atomic E-state index is 1.06. The number of thioether (sulfide) groups is 1. The van der Waals surface area contributed by atoms with Gasteiger partial charge in [0.05, 0.1) is 6.21 Å². The third-order valence-corrected chi connectivity index (χ3v) is 2.61. The summed E-state index contributed by atoms with van der Waals surface area (Å²) in [7, 11) is 0. The van der Waals surface area contributed by atoms with Crippen molar-refractivity contribution >= 4 is 18.0 Å². The average Bonchev–Trinajstić information content (AvgIpc) is 2.80. The molecule has 0 aliphatic carbocycles. The van der Waals surface area contributed by atoms with Crippen LogP contribution in [0.4, 0.5) is 0 Å². The molecule has 0 unspecified atom stereocenters. The van der Waals surface area contributed by atoms with Gasteiger partial charge in [-0.15, -0.1) is 22.0 Å². The van der Waals surface area contributed by atoms with Crippen LogP contribution >= 0.6 is 11.8 Å². The molecule has 1 aromatic heterocycles. The second kappa shape index (κ2) is 4.75. The van der Waals surface area contributed by atoms with Crippen LogP contribution in [0.5, 0.6) is 0 Å². The van der Waals surface area contributed by atoms with Crippen LogP contribution in [0.1, 0.15) is 5.56 Å². The highest BCUT2D eigenvalue weighted by Crippen LogP contribution is 2.13. The molecule has 0 N–H and O–H groups in total. The second-order valence-corrected chi connectivity index (χ2v) is 3.74. The van der Waals surface area contributed by atoms with Crippen molar-refractivity contribution in [2.75, 3.05) is 6.26 Å². The molecule has 2 aromatic rings. The summed E-state index contributed by atoms with van der Waals surface area (Å²) in [5.41, 5.74) is 1.06. The monoisotopic (exact) mass is 218 g/mol. The summed E-state index contributed by atoms with van der Waals surface area (Å²) in [6.07, 6.45) is 6.92. The van der Waals surface area contributed by atoms with E-state index in [1.54, 1.807) is 35.3 Å². The molecular formula is C10H10N4S. The van der Waals surface area contributed by atoms with Crippen LogP contribution in [0.15, 0.2) is 46.9 Å². The van der Waals surface area contributed by atoms with Crippen molar-refractivity contribution in [3.8, 4) is 0 Å². The van der Waals surface area contributed by atoms with E-state index in [0.29, 0.717) is 0 Å². The SMILES string of the molecule is CSc1ccc(/C=N/n2cnnc2)cc1. The summed E-state index contributed by atoms with van der Waals surface area (Å²) < 4.78 is 1.56. The van der Waals surface area contributed by atoms with Crippen LogP contribution < -0.4 is 0 Å². The lowest BCUT2D eigenvalue weighted by atomic mass is 10.2. The van der Waals surface area contributed by atoms with E-state index in [-0.39, 0.29) is 0 Å². The van der Waals surface area contributed by atoms with Gasteiger partial charge in [0, 0.05) is 4.90 Å². The second-order valence-electron chi connectivity index (χ2n) is 2.86. The molecule has 2 rings (SSSR count). The van der Waals surface area contributed by atoms with Crippen LogP contribution in [0.25, 0.3) is 0 Å². The molecular weight excluding hydrogens is 208 g/mol. The fraction of sp³-hybridized carbons (Fsp3) is 0.100. The number of aromatic nitrogens is 3. The molecule has 4 nitrogen and oxygen atoms in total. The van der Waals surface area contributed by atoms with Gasteiger partial charge in [0.15, 0.2) is 0 Å². The van der Waals surface area contributed by atoms with E-state index < -0.39 is 0 Å². The molecule has 0 spiro atoms. The maximum Gasteiger partial charge on any atom is 0.141 e. The van der Waals surface area contributed by atoms with Crippen molar-refractivity contribution < 1.29 is 0 Å². The molecule has 76 valence electrons. The van der Waals surface area contributed by atoms with Gasteiger partial charge >= 0.3 is 0 Å². The quantitative estimate of drug-likeness (QED) is 0.583. The number of rotatable bonds is 3. The predicted molar refractivity (Wildman–Crippen MR) is 61.2 cm³/mol. The molecule has 1 heterocycles. The Hall–Kier alpha value is -1.62. The lowest BCUT2D eigenvalue weighted by Crippen LogP contribution is -1.86. The molecule has 0 aliphatic rings. The van der Waals surface area contributed by atoms with Gasteiger partial charge in [-0.2, -0.15) is 5.10 Å². The summed E-state index contributed by atoms with van der Waals surface area (Å²) in [5, 5.41) is 11.5. The lowest BCUT2D eigenvalue weighted by molar-refractivity contribution is 0.878. The van der Waals surface area contributed by atoms with Crippen molar-refractivity contribution in [3.05, 3.63) is 42.5 Å². The zero-order valence-corrected chi connectivity index (χ0v) is 9.06. The molecule has 0 radical (unpaired) electrons. The van der Waals surface area contributed by atoms with Gasteiger partial charge in [-0.05, 0) is 24.0 Å². The van der Waals surface area contributed by atoms with Crippen LogP contribution in [-0.4, -0.2) is 27.3 Å². The Morgan fingerprint density at radius 1 is 1.20 bits per heavy atom.